The number of nitrogens with zero attached hydrogens (tertiary/aromatic N) is 4. The molecule has 32 heavy (non-hydrogen) atoms. The van der Waals surface area contributed by atoms with E-state index in [1.165, 1.54) is 21.7 Å². The maximum atomic E-state index is 13.0. The van der Waals surface area contributed by atoms with Gasteiger partial charge in [-0.3, -0.25) is 0 Å². The summed E-state index contributed by atoms with van der Waals surface area (Å²) < 4.78 is 32.7. The van der Waals surface area contributed by atoms with Gasteiger partial charge in [0, 0.05) is 31.2 Å². The second kappa shape index (κ2) is 8.93. The number of sulfonamides is 1. The number of aryl methyl sites for hydroxylation is 2. The van der Waals surface area contributed by atoms with E-state index in [-0.39, 0.29) is 10.9 Å². The van der Waals surface area contributed by atoms with Crippen molar-refractivity contribution in [1.29, 1.82) is 0 Å². The lowest BCUT2D eigenvalue weighted by Crippen LogP contribution is -2.49. The molecule has 1 fully saturated rings. The molecular weight excluding hydrogens is 472 g/mol. The van der Waals surface area contributed by atoms with E-state index in [1.54, 1.807) is 25.1 Å². The standard InChI is InChI=1S/C21H23ClN4O4S2/c1-4-30-21(27)18-13(2)17-19(23-14(3)24-20(17)31-18)25-8-10-26(11-9-25)32(28,29)16-7-5-6-15(22)12-16/h5-7,12H,4,8-11H2,1-3H3. The third-order valence-corrected chi connectivity index (χ3v) is 8.61. The molecule has 0 radical (unpaired) electrons. The van der Waals surface area contributed by atoms with Crippen LogP contribution in [0, 0.1) is 13.8 Å². The first kappa shape index (κ1) is 22.9. The average Bonchev–Trinajstić information content (AvgIpc) is 3.09. The zero-order valence-corrected chi connectivity index (χ0v) is 20.4. The van der Waals surface area contributed by atoms with Crippen LogP contribution in [0.15, 0.2) is 29.2 Å². The normalized spacial score (nSPS) is 15.3. The molecule has 0 unspecified atom stereocenters. The molecule has 0 atom stereocenters. The van der Waals surface area contributed by atoms with Gasteiger partial charge in [0.1, 0.15) is 21.3 Å². The highest BCUT2D eigenvalue weighted by Gasteiger charge is 2.31. The largest absolute Gasteiger partial charge is 0.462 e. The molecule has 2 aromatic heterocycles. The van der Waals surface area contributed by atoms with Gasteiger partial charge < -0.3 is 9.64 Å². The number of piperazine rings is 1. The fourth-order valence-corrected chi connectivity index (χ4v) is 6.60. The zero-order chi connectivity index (χ0) is 23.0. The number of halogens is 1. The number of esters is 1. The first-order valence-electron chi connectivity index (χ1n) is 10.2. The Morgan fingerprint density at radius 1 is 1.19 bits per heavy atom. The molecule has 8 nitrogen and oxygen atoms in total. The first-order valence-corrected chi connectivity index (χ1v) is 12.8. The lowest BCUT2D eigenvalue weighted by molar-refractivity contribution is 0.0531. The molecule has 0 spiro atoms. The van der Waals surface area contributed by atoms with Crippen LogP contribution in [-0.4, -0.2) is 61.4 Å². The second-order valence-electron chi connectivity index (χ2n) is 7.40. The number of ether oxygens (including phenoxy) is 1. The Morgan fingerprint density at radius 3 is 2.56 bits per heavy atom. The van der Waals surface area contributed by atoms with Crippen LogP contribution in [0.5, 0.6) is 0 Å². The molecule has 1 aliphatic rings. The van der Waals surface area contributed by atoms with Crippen molar-refractivity contribution in [1.82, 2.24) is 14.3 Å². The van der Waals surface area contributed by atoms with E-state index in [9.17, 15) is 13.2 Å². The summed E-state index contributed by atoms with van der Waals surface area (Å²) in [7, 11) is -3.63. The fraction of sp³-hybridized carbons (Fsp3) is 0.381. The maximum Gasteiger partial charge on any atom is 0.348 e. The molecule has 3 heterocycles. The van der Waals surface area contributed by atoms with Gasteiger partial charge in [0.05, 0.1) is 16.9 Å². The van der Waals surface area contributed by atoms with E-state index in [1.807, 2.05) is 13.8 Å². The lowest BCUT2D eigenvalue weighted by Gasteiger charge is -2.35. The Kier molecular flexibility index (Phi) is 6.39. The SMILES string of the molecule is CCOC(=O)c1sc2nc(C)nc(N3CCN(S(=O)(=O)c4cccc(Cl)c4)CC3)c2c1C. The predicted molar refractivity (Wildman–Crippen MR) is 125 cm³/mol. The van der Waals surface area contributed by atoms with Gasteiger partial charge in [0.2, 0.25) is 10.0 Å². The van der Waals surface area contributed by atoms with Crippen LogP contribution < -0.4 is 4.90 Å². The number of aromatic nitrogens is 2. The number of fused-ring (bicyclic) bond motifs is 1. The molecule has 1 saturated heterocycles. The molecule has 0 N–H and O–H groups in total. The fourth-order valence-electron chi connectivity index (χ4n) is 3.76. The Morgan fingerprint density at radius 2 is 1.91 bits per heavy atom. The molecule has 0 bridgehead atoms. The van der Waals surface area contributed by atoms with Crippen molar-refractivity contribution in [2.24, 2.45) is 0 Å². The Labute approximate surface area is 195 Å². The summed E-state index contributed by atoms with van der Waals surface area (Å²) in [6.45, 7) is 7.31. The maximum absolute atomic E-state index is 13.0. The van der Waals surface area contributed by atoms with Crippen LogP contribution in [0.25, 0.3) is 10.2 Å². The van der Waals surface area contributed by atoms with Gasteiger partial charge in [0.15, 0.2) is 0 Å². The van der Waals surface area contributed by atoms with E-state index in [0.717, 1.165) is 21.6 Å². The average molecular weight is 495 g/mol. The molecule has 1 aliphatic heterocycles. The van der Waals surface area contributed by atoms with Crippen molar-refractivity contribution in [3.05, 3.63) is 45.6 Å². The molecule has 0 aliphatic carbocycles. The summed E-state index contributed by atoms with van der Waals surface area (Å²) in [6, 6.07) is 6.30. The number of hydrogen-bond acceptors (Lipinski definition) is 8. The molecule has 4 rings (SSSR count). The smallest absolute Gasteiger partial charge is 0.348 e. The minimum atomic E-state index is -3.63. The van der Waals surface area contributed by atoms with E-state index >= 15 is 0 Å². The molecular formula is C21H23ClN4O4S2. The number of benzene rings is 1. The molecule has 0 amide bonds. The summed E-state index contributed by atoms with van der Waals surface area (Å²) in [5.41, 5.74) is 0.785. The third kappa shape index (κ3) is 4.19. The van der Waals surface area contributed by atoms with Crippen LogP contribution in [-0.2, 0) is 14.8 Å². The van der Waals surface area contributed by atoms with Crippen LogP contribution >= 0.6 is 22.9 Å². The minimum Gasteiger partial charge on any atom is -0.462 e. The Bertz CT molecular complexity index is 1280. The number of hydrogen-bond donors (Lipinski definition) is 0. The van der Waals surface area contributed by atoms with Crippen molar-refractivity contribution >= 4 is 55.0 Å². The number of carbonyl (C=O) groups excluding carboxylic acids is 1. The van der Waals surface area contributed by atoms with Crippen LogP contribution in [0.1, 0.15) is 28.0 Å². The van der Waals surface area contributed by atoms with Gasteiger partial charge in [-0.05, 0) is 44.5 Å². The number of rotatable bonds is 5. The number of carbonyl (C=O) groups is 1. The minimum absolute atomic E-state index is 0.187. The van der Waals surface area contributed by atoms with Crippen LogP contribution in [0.4, 0.5) is 5.82 Å². The summed E-state index contributed by atoms with van der Waals surface area (Å²) in [4.78, 5) is 25.0. The van der Waals surface area contributed by atoms with Crippen LogP contribution in [0.2, 0.25) is 5.02 Å². The summed E-state index contributed by atoms with van der Waals surface area (Å²) in [6.07, 6.45) is 0. The Hall–Kier alpha value is -2.27. The Balaban J connectivity index is 1.62. The predicted octanol–water partition coefficient (Wildman–Crippen LogP) is 3.65. The molecule has 1 aromatic carbocycles. The van der Waals surface area contributed by atoms with Crippen molar-refractivity contribution in [2.45, 2.75) is 25.7 Å². The van der Waals surface area contributed by atoms with Gasteiger partial charge in [-0.1, -0.05) is 17.7 Å². The highest BCUT2D eigenvalue weighted by molar-refractivity contribution is 7.89. The van der Waals surface area contributed by atoms with Gasteiger partial charge >= 0.3 is 5.97 Å². The van der Waals surface area contributed by atoms with Gasteiger partial charge in [-0.25, -0.2) is 23.2 Å². The number of anilines is 1. The highest BCUT2D eigenvalue weighted by atomic mass is 35.5. The molecule has 11 heteroatoms. The van der Waals surface area contributed by atoms with Crippen molar-refractivity contribution in [3.63, 3.8) is 0 Å². The van der Waals surface area contributed by atoms with E-state index < -0.39 is 10.0 Å². The van der Waals surface area contributed by atoms with Crippen molar-refractivity contribution in [3.8, 4) is 0 Å². The molecule has 170 valence electrons. The summed E-state index contributed by atoms with van der Waals surface area (Å²) >= 11 is 7.28. The number of thiophene rings is 1. The summed E-state index contributed by atoms with van der Waals surface area (Å²) in [5.74, 6) is 0.948. The second-order valence-corrected chi connectivity index (χ2v) is 10.8. The van der Waals surface area contributed by atoms with E-state index in [2.05, 4.69) is 14.9 Å². The molecule has 3 aromatic rings. The van der Waals surface area contributed by atoms with E-state index in [4.69, 9.17) is 16.3 Å². The van der Waals surface area contributed by atoms with Crippen LogP contribution in [0.3, 0.4) is 0 Å². The van der Waals surface area contributed by atoms with Crippen molar-refractivity contribution < 1.29 is 17.9 Å². The van der Waals surface area contributed by atoms with Gasteiger partial charge in [0.25, 0.3) is 0 Å². The first-order chi connectivity index (χ1) is 15.2. The topological polar surface area (TPSA) is 92.7 Å². The zero-order valence-electron chi connectivity index (χ0n) is 18.0. The highest BCUT2D eigenvalue weighted by Crippen LogP contribution is 2.36. The third-order valence-electron chi connectivity index (χ3n) is 5.32. The lowest BCUT2D eigenvalue weighted by atomic mass is 10.2. The van der Waals surface area contributed by atoms with Gasteiger partial charge in [-0.2, -0.15) is 4.31 Å². The van der Waals surface area contributed by atoms with Crippen molar-refractivity contribution in [2.75, 3.05) is 37.7 Å². The monoisotopic (exact) mass is 494 g/mol. The van der Waals surface area contributed by atoms with E-state index in [0.29, 0.717) is 48.5 Å². The quantitative estimate of drug-likeness (QED) is 0.500. The van der Waals surface area contributed by atoms with Gasteiger partial charge in [-0.15, -0.1) is 11.3 Å². The summed E-state index contributed by atoms with van der Waals surface area (Å²) in [5, 5.41) is 1.20. The molecule has 0 saturated carbocycles.